The standard InChI is InChI=1S/C22H24B2FN9O10P2/c1-8-31-19-13(20(35)32-8)30-7-34(19)22-16-15(38-2)10(42-22)4-40-45(23,36)43-14-9(3-39-46(24,37)44-16)41-21(11(14)25)33-6-29-12-17(26)27-5-28-18(12)33/h5-7,9-11,14-16,21-22H,3-4H2,1-2H3,(H2,26,27,28)(H,31,32,35)/t9?,10?,11?,14?,15?,16?,21?,22?,45-,46-/m0/s1. The molecule has 4 aromatic rings. The number of ether oxygens (including phenoxy) is 3. The smallest absolute Gasteiger partial charge is 0.279 e. The van der Waals surface area contributed by atoms with Gasteiger partial charge >= 0.3 is 0 Å². The van der Waals surface area contributed by atoms with Crippen molar-refractivity contribution in [3.05, 3.63) is 35.2 Å². The molecule has 4 aromatic heterocycles. The lowest BCUT2D eigenvalue weighted by atomic mass is 10.1. The van der Waals surface area contributed by atoms with Crippen molar-refractivity contribution in [1.82, 2.24) is 39.0 Å². The van der Waals surface area contributed by atoms with Crippen LogP contribution in [-0.2, 0) is 41.4 Å². The Morgan fingerprint density at radius 1 is 0.957 bits per heavy atom. The zero-order chi connectivity index (χ0) is 32.5. The van der Waals surface area contributed by atoms with Gasteiger partial charge in [0, 0.05) is 7.11 Å². The summed E-state index contributed by atoms with van der Waals surface area (Å²) >= 11 is 0. The Bertz CT molecular complexity index is 1970. The summed E-state index contributed by atoms with van der Waals surface area (Å²) in [5.74, 6) is 0.329. The summed E-state index contributed by atoms with van der Waals surface area (Å²) < 4.78 is 85.4. The van der Waals surface area contributed by atoms with Crippen molar-refractivity contribution in [3.63, 3.8) is 0 Å². The predicted octanol–water partition coefficient (Wildman–Crippen LogP) is 0.368. The van der Waals surface area contributed by atoms with E-state index in [9.17, 15) is 13.9 Å². The Morgan fingerprint density at radius 3 is 2.30 bits per heavy atom. The Labute approximate surface area is 260 Å². The first-order valence-electron chi connectivity index (χ1n) is 13.6. The van der Waals surface area contributed by atoms with E-state index in [-0.39, 0.29) is 34.0 Å². The van der Waals surface area contributed by atoms with Crippen molar-refractivity contribution in [2.24, 2.45) is 0 Å². The minimum atomic E-state index is -4.55. The highest BCUT2D eigenvalue weighted by Crippen LogP contribution is 2.54. The van der Waals surface area contributed by atoms with E-state index in [0.29, 0.717) is 0 Å². The number of alkyl halides is 1. The lowest BCUT2D eigenvalue weighted by molar-refractivity contribution is -0.0578. The lowest BCUT2D eigenvalue weighted by Gasteiger charge is -2.28. The van der Waals surface area contributed by atoms with Crippen LogP contribution in [0.5, 0.6) is 0 Å². The average Bonchev–Trinajstić information content (AvgIpc) is 3.75. The number of nitrogens with one attached hydrogen (secondary N) is 1. The first-order chi connectivity index (χ1) is 21.9. The highest BCUT2D eigenvalue weighted by atomic mass is 31.2. The largest absolute Gasteiger partial charge is 0.382 e. The summed E-state index contributed by atoms with van der Waals surface area (Å²) in [7, 11) is 4.17. The van der Waals surface area contributed by atoms with Gasteiger partial charge in [0.25, 0.3) is 20.5 Å². The average molecular weight is 677 g/mol. The van der Waals surface area contributed by atoms with Crippen LogP contribution in [0.15, 0.2) is 23.8 Å². The van der Waals surface area contributed by atoms with Gasteiger partial charge in [0.05, 0.1) is 25.9 Å². The van der Waals surface area contributed by atoms with Gasteiger partial charge in [-0.15, -0.1) is 0 Å². The number of hydrogen-bond acceptors (Lipinski definition) is 16. The van der Waals surface area contributed by atoms with Gasteiger partial charge < -0.3 is 43.0 Å². The normalized spacial score (nSPS) is 37.1. The van der Waals surface area contributed by atoms with Gasteiger partial charge in [0.15, 0.2) is 41.3 Å². The van der Waals surface area contributed by atoms with Crippen molar-refractivity contribution in [1.29, 1.82) is 0 Å². The fourth-order valence-corrected chi connectivity index (χ4v) is 7.66. The van der Waals surface area contributed by atoms with Gasteiger partial charge in [-0.05, 0) is 6.92 Å². The molecule has 240 valence electrons. The predicted molar refractivity (Wildman–Crippen MR) is 155 cm³/mol. The molecule has 3 aliphatic heterocycles. The number of methoxy groups -OCH3 is 1. The number of rotatable bonds is 3. The van der Waals surface area contributed by atoms with Crippen LogP contribution in [0, 0.1) is 6.92 Å². The van der Waals surface area contributed by atoms with E-state index in [1.54, 1.807) is 6.92 Å². The Hall–Kier alpha value is -3.06. The molecule has 7 rings (SSSR count). The molecule has 0 amide bonds. The molecule has 46 heavy (non-hydrogen) atoms. The van der Waals surface area contributed by atoms with Crippen LogP contribution in [0.4, 0.5) is 10.2 Å². The highest BCUT2D eigenvalue weighted by Gasteiger charge is 2.53. The Morgan fingerprint density at radius 2 is 1.59 bits per heavy atom. The maximum Gasteiger partial charge on any atom is 0.279 e. The molecule has 0 saturated carbocycles. The van der Waals surface area contributed by atoms with E-state index in [1.165, 1.54) is 28.9 Å². The number of aryl methyl sites for hydroxylation is 1. The molecule has 19 nitrogen and oxygen atoms in total. The number of imidazole rings is 2. The summed E-state index contributed by atoms with van der Waals surface area (Å²) in [5, 5.41) is 0. The summed E-state index contributed by atoms with van der Waals surface area (Å²) in [6.07, 6.45) is -7.61. The van der Waals surface area contributed by atoms with Crippen LogP contribution in [0.1, 0.15) is 18.3 Å². The number of nitrogens with zero attached hydrogens (tertiary/aromatic N) is 7. The zero-order valence-electron chi connectivity index (χ0n) is 24.0. The van der Waals surface area contributed by atoms with E-state index in [1.807, 2.05) is 0 Å². The third-order valence-electron chi connectivity index (χ3n) is 7.69. The molecule has 4 radical (unpaired) electrons. The van der Waals surface area contributed by atoms with Crippen molar-refractivity contribution < 1.29 is 45.8 Å². The maximum absolute atomic E-state index is 16.0. The number of aromatic amines is 1. The molecule has 10 atom stereocenters. The minimum absolute atomic E-state index is 0.0114. The number of halogens is 1. The molecular weight excluding hydrogens is 653 g/mol. The monoisotopic (exact) mass is 677 g/mol. The molecule has 3 fully saturated rings. The van der Waals surface area contributed by atoms with Gasteiger partial charge in [-0.1, -0.05) is 0 Å². The van der Waals surface area contributed by atoms with E-state index >= 15 is 4.39 Å². The van der Waals surface area contributed by atoms with Gasteiger partial charge in [-0.25, -0.2) is 29.3 Å². The van der Waals surface area contributed by atoms with E-state index in [4.69, 9.17) is 53.2 Å². The second kappa shape index (κ2) is 11.6. The van der Waals surface area contributed by atoms with Gasteiger partial charge in [0.1, 0.15) is 48.2 Å². The van der Waals surface area contributed by atoms with Gasteiger partial charge in [-0.2, -0.15) is 0 Å². The molecule has 3 saturated heterocycles. The van der Waals surface area contributed by atoms with Crippen molar-refractivity contribution in [2.75, 3.05) is 26.1 Å². The molecule has 7 heterocycles. The number of fused-ring (bicyclic) bond motifs is 5. The van der Waals surface area contributed by atoms with Crippen molar-refractivity contribution in [2.45, 2.75) is 56.1 Å². The van der Waals surface area contributed by atoms with Crippen LogP contribution in [0.2, 0.25) is 0 Å². The highest BCUT2D eigenvalue weighted by molar-refractivity contribution is 7.79. The second-order valence-electron chi connectivity index (χ2n) is 10.6. The lowest BCUT2D eigenvalue weighted by Crippen LogP contribution is -2.37. The molecule has 8 unspecified atom stereocenters. The van der Waals surface area contributed by atoms with Crippen LogP contribution >= 0.6 is 14.9 Å². The quantitative estimate of drug-likeness (QED) is 0.220. The SMILES string of the molecule is [B][P@]1(=O)OCC2OC(n3cnc4c(=O)[nH]c(C)nc43)C(O[P@@]([B])(=O)OCC3OC(n4cnc5c(N)ncnc54)C(F)C3O1)C2OC. The van der Waals surface area contributed by atoms with E-state index in [0.717, 1.165) is 6.33 Å². The number of H-pyrrole nitrogens is 1. The second-order valence-corrected chi connectivity index (χ2v) is 13.7. The molecule has 0 aromatic carbocycles. The number of aromatic nitrogens is 8. The van der Waals surface area contributed by atoms with E-state index in [2.05, 4.69) is 29.9 Å². The number of nitrogen functional groups attached to an aromatic ring is 1. The minimum Gasteiger partial charge on any atom is -0.382 e. The maximum atomic E-state index is 16.0. The van der Waals surface area contributed by atoms with Crippen LogP contribution in [0.3, 0.4) is 0 Å². The third-order valence-corrected chi connectivity index (χ3v) is 9.78. The number of nitrogens with two attached hydrogens (primary N) is 1. The van der Waals surface area contributed by atoms with Crippen LogP contribution < -0.4 is 11.3 Å². The topological polar surface area (TPSA) is 232 Å². The molecule has 3 N–H and O–H groups in total. The molecule has 0 aliphatic carbocycles. The fourth-order valence-electron chi connectivity index (χ4n) is 5.67. The summed E-state index contributed by atoms with van der Waals surface area (Å²) in [4.78, 5) is 35.5. The van der Waals surface area contributed by atoms with Crippen LogP contribution in [0.25, 0.3) is 22.3 Å². The third kappa shape index (κ3) is 5.50. The zero-order valence-corrected chi connectivity index (χ0v) is 25.8. The Kier molecular flexibility index (Phi) is 7.93. The van der Waals surface area contributed by atoms with Crippen molar-refractivity contribution in [3.8, 4) is 0 Å². The number of hydrogen-bond donors (Lipinski definition) is 2. The first kappa shape index (κ1) is 31.5. The molecular formula is C22H24B2FN9O10P2. The molecule has 24 heteroatoms. The van der Waals surface area contributed by atoms with E-state index < -0.39 is 82.9 Å². The molecule has 3 aliphatic rings. The van der Waals surface area contributed by atoms with Gasteiger partial charge in [0.2, 0.25) is 15.1 Å². The first-order valence-corrected chi connectivity index (χ1v) is 16.9. The Balaban J connectivity index is 1.22. The molecule has 0 spiro atoms. The van der Waals surface area contributed by atoms with Crippen LogP contribution in [-0.4, -0.2) is 111 Å². The molecule has 2 bridgehead atoms. The number of anilines is 1. The van der Waals surface area contributed by atoms with Gasteiger partial charge in [-0.3, -0.25) is 23.1 Å². The van der Waals surface area contributed by atoms with Crippen molar-refractivity contribution >= 4 is 58.2 Å². The summed E-state index contributed by atoms with van der Waals surface area (Å²) in [6.45, 7) is 0.362. The fraction of sp³-hybridized carbons (Fsp3) is 0.545. The summed E-state index contributed by atoms with van der Waals surface area (Å²) in [6, 6.07) is 0. The summed E-state index contributed by atoms with van der Waals surface area (Å²) in [5.41, 5.74) is 5.77.